The van der Waals surface area contributed by atoms with E-state index >= 15 is 0 Å². The Morgan fingerprint density at radius 1 is 1.16 bits per heavy atom. The molecule has 0 bridgehead atoms. The van der Waals surface area contributed by atoms with Gasteiger partial charge < -0.3 is 14.9 Å². The van der Waals surface area contributed by atoms with Crippen LogP contribution in [-0.2, 0) is 14.3 Å². The van der Waals surface area contributed by atoms with Crippen molar-refractivity contribution in [1.82, 2.24) is 0 Å². The Bertz CT molecular complexity index is 641. The Kier molecular flexibility index (Phi) is 9.63. The number of allylic oxidation sites excluding steroid dienone is 2. The Hall–Kier alpha value is -2.66. The van der Waals surface area contributed by atoms with Gasteiger partial charge in [0.25, 0.3) is 0 Å². The van der Waals surface area contributed by atoms with E-state index < -0.39 is 11.9 Å². The van der Waals surface area contributed by atoms with E-state index in [0.29, 0.717) is 6.61 Å². The first kappa shape index (κ1) is 20.4. The van der Waals surface area contributed by atoms with E-state index in [4.69, 9.17) is 14.9 Å². The number of unbranched alkanes of at least 4 members (excludes halogenated alkanes) is 1. The number of aliphatic hydroxyl groups is 1. The number of aliphatic hydroxyl groups excluding tert-OH is 1. The van der Waals surface area contributed by atoms with E-state index in [9.17, 15) is 9.59 Å². The van der Waals surface area contributed by atoms with E-state index in [-0.39, 0.29) is 24.2 Å². The first-order valence-corrected chi connectivity index (χ1v) is 8.23. The van der Waals surface area contributed by atoms with Crippen LogP contribution in [0.5, 0.6) is 0 Å². The fourth-order valence-electron chi connectivity index (χ4n) is 1.91. The fourth-order valence-corrected chi connectivity index (χ4v) is 1.91. The molecule has 0 aliphatic carbocycles. The van der Waals surface area contributed by atoms with Crippen LogP contribution in [0.15, 0.2) is 59.7 Å². The predicted octanol–water partition coefficient (Wildman–Crippen LogP) is 3.36. The maximum absolute atomic E-state index is 12.2. The van der Waals surface area contributed by atoms with Gasteiger partial charge in [0.15, 0.2) is 0 Å². The largest absolute Gasteiger partial charge is 0.478 e. The van der Waals surface area contributed by atoms with Crippen LogP contribution in [0.1, 0.15) is 31.7 Å². The van der Waals surface area contributed by atoms with E-state index in [1.807, 2.05) is 37.3 Å². The molecule has 5 heteroatoms. The number of carboxylic acid groups (broad SMARTS) is 1. The van der Waals surface area contributed by atoms with Crippen LogP contribution in [0.25, 0.3) is 6.08 Å². The van der Waals surface area contributed by atoms with Gasteiger partial charge in [0.1, 0.15) is 0 Å². The van der Waals surface area contributed by atoms with Crippen molar-refractivity contribution in [3.63, 3.8) is 0 Å². The van der Waals surface area contributed by atoms with Crippen LogP contribution >= 0.6 is 0 Å². The van der Waals surface area contributed by atoms with Crippen LogP contribution in [-0.4, -0.2) is 35.4 Å². The molecule has 0 heterocycles. The van der Waals surface area contributed by atoms with Crippen molar-refractivity contribution in [2.75, 3.05) is 13.2 Å². The Balaban J connectivity index is 3.02. The third-order valence-electron chi connectivity index (χ3n) is 3.34. The summed E-state index contributed by atoms with van der Waals surface area (Å²) >= 11 is 0. The molecule has 0 spiro atoms. The van der Waals surface area contributed by atoms with Gasteiger partial charge in [-0.1, -0.05) is 55.8 Å². The molecule has 1 aromatic rings. The molecule has 0 aliphatic rings. The Labute approximate surface area is 147 Å². The highest BCUT2D eigenvalue weighted by molar-refractivity contribution is 5.94. The molecule has 0 amide bonds. The van der Waals surface area contributed by atoms with Gasteiger partial charge in [0.05, 0.1) is 12.2 Å². The van der Waals surface area contributed by atoms with Crippen LogP contribution in [0.4, 0.5) is 0 Å². The van der Waals surface area contributed by atoms with Crippen molar-refractivity contribution in [2.45, 2.75) is 26.2 Å². The zero-order valence-electron chi connectivity index (χ0n) is 14.4. The third-order valence-corrected chi connectivity index (χ3v) is 3.34. The first-order chi connectivity index (χ1) is 12.1. The summed E-state index contributed by atoms with van der Waals surface area (Å²) in [6, 6.07) is 9.43. The molecule has 2 N–H and O–H groups in total. The van der Waals surface area contributed by atoms with Gasteiger partial charge in [-0.05, 0) is 24.1 Å². The molecule has 5 nitrogen and oxygen atoms in total. The topological polar surface area (TPSA) is 83.8 Å². The zero-order valence-corrected chi connectivity index (χ0v) is 14.4. The number of rotatable bonds is 10. The molecule has 134 valence electrons. The summed E-state index contributed by atoms with van der Waals surface area (Å²) in [4.78, 5) is 23.3. The predicted molar refractivity (Wildman–Crippen MR) is 96.8 cm³/mol. The third kappa shape index (κ3) is 8.13. The summed E-state index contributed by atoms with van der Waals surface area (Å²) in [5, 5.41) is 18.0. The molecule has 0 saturated heterocycles. The number of hydrogen-bond donors (Lipinski definition) is 2. The molecule has 0 aromatic heterocycles. The monoisotopic (exact) mass is 344 g/mol. The molecule has 1 rings (SSSR count). The minimum atomic E-state index is -1.13. The van der Waals surface area contributed by atoms with Gasteiger partial charge in [-0.25, -0.2) is 9.59 Å². The van der Waals surface area contributed by atoms with E-state index in [1.54, 1.807) is 12.2 Å². The van der Waals surface area contributed by atoms with Gasteiger partial charge >= 0.3 is 11.9 Å². The summed E-state index contributed by atoms with van der Waals surface area (Å²) in [5.74, 6) is -1.64. The highest BCUT2D eigenvalue weighted by Crippen LogP contribution is 2.10. The van der Waals surface area contributed by atoms with Crippen molar-refractivity contribution in [1.29, 1.82) is 0 Å². The second kappa shape index (κ2) is 11.8. The minimum Gasteiger partial charge on any atom is -0.478 e. The molecular formula is C20H24O5. The van der Waals surface area contributed by atoms with Gasteiger partial charge in [-0.15, -0.1) is 0 Å². The quantitative estimate of drug-likeness (QED) is 0.294. The lowest BCUT2D eigenvalue weighted by Gasteiger charge is -2.05. The second-order valence-corrected chi connectivity index (χ2v) is 5.33. The molecule has 0 atom stereocenters. The van der Waals surface area contributed by atoms with Crippen LogP contribution in [0, 0.1) is 0 Å². The average molecular weight is 344 g/mol. The summed E-state index contributed by atoms with van der Waals surface area (Å²) in [6.45, 7) is 2.04. The lowest BCUT2D eigenvalue weighted by atomic mass is 10.1. The number of carbonyl (C=O) groups excluding carboxylic acids is 1. The Morgan fingerprint density at radius 2 is 1.88 bits per heavy atom. The van der Waals surface area contributed by atoms with E-state index in [1.165, 1.54) is 12.2 Å². The number of carboxylic acids is 1. The van der Waals surface area contributed by atoms with Crippen molar-refractivity contribution < 1.29 is 24.5 Å². The molecular weight excluding hydrogens is 320 g/mol. The van der Waals surface area contributed by atoms with Gasteiger partial charge in [0, 0.05) is 18.6 Å². The normalized spacial score (nSPS) is 12.4. The summed E-state index contributed by atoms with van der Waals surface area (Å²) in [5.41, 5.74) is 1.18. The lowest BCUT2D eigenvalue weighted by Crippen LogP contribution is -2.08. The zero-order chi connectivity index (χ0) is 18.5. The highest BCUT2D eigenvalue weighted by Gasteiger charge is 2.09. The fraction of sp³-hybridized carbons (Fsp3) is 0.300. The maximum Gasteiger partial charge on any atom is 0.338 e. The number of ether oxygens (including phenoxy) is 1. The number of benzene rings is 1. The van der Waals surface area contributed by atoms with Crippen molar-refractivity contribution in [3.05, 3.63) is 65.3 Å². The molecule has 25 heavy (non-hydrogen) atoms. The first-order valence-electron chi connectivity index (χ1n) is 8.23. The molecule has 0 radical (unpaired) electrons. The maximum atomic E-state index is 12.2. The van der Waals surface area contributed by atoms with Crippen molar-refractivity contribution >= 4 is 18.0 Å². The molecule has 0 saturated carbocycles. The molecule has 1 aromatic carbocycles. The SMILES string of the molecule is CCCCOC(=O)C(C=Cc1ccccc1)=CC=C(CCO)C(=O)O. The average Bonchev–Trinajstić information content (AvgIpc) is 2.61. The van der Waals surface area contributed by atoms with Crippen LogP contribution in [0.2, 0.25) is 0 Å². The lowest BCUT2D eigenvalue weighted by molar-refractivity contribution is -0.138. The summed E-state index contributed by atoms with van der Waals surface area (Å²) in [7, 11) is 0. The smallest absolute Gasteiger partial charge is 0.338 e. The number of esters is 1. The number of aliphatic carboxylic acids is 1. The second-order valence-electron chi connectivity index (χ2n) is 5.33. The molecule has 0 unspecified atom stereocenters. The minimum absolute atomic E-state index is 0.00634. The van der Waals surface area contributed by atoms with Gasteiger partial charge in [-0.3, -0.25) is 0 Å². The highest BCUT2D eigenvalue weighted by atomic mass is 16.5. The standard InChI is InChI=1S/C20H24O5/c1-2-3-15-25-20(24)18(10-9-16-7-5-4-6-8-16)12-11-17(13-14-21)19(22)23/h4-12,21H,2-3,13-15H2,1H3,(H,22,23). The van der Waals surface area contributed by atoms with Crippen molar-refractivity contribution in [2.24, 2.45) is 0 Å². The van der Waals surface area contributed by atoms with E-state index in [0.717, 1.165) is 18.4 Å². The van der Waals surface area contributed by atoms with Crippen molar-refractivity contribution in [3.8, 4) is 0 Å². The van der Waals surface area contributed by atoms with Gasteiger partial charge in [0.2, 0.25) is 0 Å². The molecule has 0 aliphatic heterocycles. The van der Waals surface area contributed by atoms with Crippen LogP contribution < -0.4 is 0 Å². The Morgan fingerprint density at radius 3 is 2.48 bits per heavy atom. The summed E-state index contributed by atoms with van der Waals surface area (Å²) in [6.07, 6.45) is 7.77. The summed E-state index contributed by atoms with van der Waals surface area (Å²) < 4.78 is 5.20. The number of hydrogen-bond acceptors (Lipinski definition) is 4. The number of carbonyl (C=O) groups is 2. The van der Waals surface area contributed by atoms with E-state index in [2.05, 4.69) is 0 Å². The van der Waals surface area contributed by atoms with Crippen LogP contribution in [0.3, 0.4) is 0 Å². The molecule has 0 fully saturated rings. The van der Waals surface area contributed by atoms with Gasteiger partial charge in [-0.2, -0.15) is 0 Å².